The summed E-state index contributed by atoms with van der Waals surface area (Å²) in [5.74, 6) is 0.773. The monoisotopic (exact) mass is 151 g/mol. The van der Waals surface area contributed by atoms with Gasteiger partial charge in [-0.1, -0.05) is 4.49 Å². The van der Waals surface area contributed by atoms with Crippen molar-refractivity contribution in [2.45, 2.75) is 0 Å². The van der Waals surface area contributed by atoms with E-state index < -0.39 is 0 Å². The number of aromatic amines is 1. The maximum atomic E-state index is 4.00. The lowest BCUT2D eigenvalue weighted by molar-refractivity contribution is 1.14. The molecular formula is C5H3N4S. The zero-order valence-corrected chi connectivity index (χ0v) is 5.72. The van der Waals surface area contributed by atoms with Gasteiger partial charge in [0.1, 0.15) is 11.1 Å². The number of nitrogens with one attached hydrogen (secondary N) is 1. The molecule has 1 radical (unpaired) electrons. The molecule has 0 spiro atoms. The van der Waals surface area contributed by atoms with Crippen LogP contribution >= 0.6 is 11.5 Å². The lowest BCUT2D eigenvalue weighted by Crippen LogP contribution is -1.72. The second-order valence-corrected chi connectivity index (χ2v) is 2.41. The number of rotatable bonds is 1. The Balaban J connectivity index is 2.48. The fraction of sp³-hybridized carbons (Fsp3) is 0. The third-order valence-corrected chi connectivity index (χ3v) is 1.67. The minimum absolute atomic E-state index is 0.773. The molecule has 0 atom stereocenters. The first-order chi connectivity index (χ1) is 4.97. The first kappa shape index (κ1) is 5.55. The number of hydrogen-bond acceptors (Lipinski definition) is 4. The molecule has 0 aliphatic heterocycles. The maximum absolute atomic E-state index is 4.00. The van der Waals surface area contributed by atoms with Crippen molar-refractivity contribution >= 4 is 11.5 Å². The van der Waals surface area contributed by atoms with E-state index in [4.69, 9.17) is 0 Å². The first-order valence-electron chi connectivity index (χ1n) is 2.66. The summed E-state index contributed by atoms with van der Waals surface area (Å²) in [4.78, 5) is 7.77. The summed E-state index contributed by atoms with van der Waals surface area (Å²) in [7, 11) is 0. The van der Waals surface area contributed by atoms with Crippen molar-refractivity contribution in [2.24, 2.45) is 0 Å². The van der Waals surface area contributed by atoms with E-state index in [2.05, 4.69) is 25.8 Å². The van der Waals surface area contributed by atoms with Gasteiger partial charge in [-0.3, -0.25) is 0 Å². The quantitative estimate of drug-likeness (QED) is 0.653. The molecule has 0 amide bonds. The average Bonchev–Trinajstić information content (AvgIpc) is 2.59. The van der Waals surface area contributed by atoms with E-state index in [1.54, 1.807) is 12.4 Å². The van der Waals surface area contributed by atoms with Gasteiger partial charge < -0.3 is 4.98 Å². The Morgan fingerprint density at radius 3 is 3.20 bits per heavy atom. The van der Waals surface area contributed by atoms with Crippen LogP contribution in [0, 0.1) is 6.20 Å². The predicted octanol–water partition coefficient (Wildman–Crippen LogP) is 0.728. The van der Waals surface area contributed by atoms with Gasteiger partial charge in [0.2, 0.25) is 0 Å². The van der Waals surface area contributed by atoms with Crippen molar-refractivity contribution in [1.29, 1.82) is 0 Å². The second kappa shape index (κ2) is 2.18. The Morgan fingerprint density at radius 2 is 2.60 bits per heavy atom. The highest BCUT2D eigenvalue weighted by Gasteiger charge is 2.00. The average molecular weight is 151 g/mol. The fourth-order valence-electron chi connectivity index (χ4n) is 0.633. The zero-order chi connectivity index (χ0) is 6.81. The van der Waals surface area contributed by atoms with Crippen molar-refractivity contribution in [3.8, 4) is 10.7 Å². The molecule has 1 N–H and O–H groups in total. The molecule has 2 aromatic rings. The molecule has 0 unspecified atom stereocenters. The molecule has 0 fully saturated rings. The Labute approximate surface area is 61.1 Å². The van der Waals surface area contributed by atoms with E-state index >= 15 is 0 Å². The predicted molar refractivity (Wildman–Crippen MR) is 36.3 cm³/mol. The van der Waals surface area contributed by atoms with Gasteiger partial charge in [-0.2, -0.15) is 0 Å². The number of aromatic nitrogens is 4. The largest absolute Gasteiger partial charge is 0.344 e. The summed E-state index contributed by atoms with van der Waals surface area (Å²) < 4.78 is 3.65. The molecule has 0 saturated carbocycles. The van der Waals surface area contributed by atoms with Crippen LogP contribution in [0.25, 0.3) is 10.7 Å². The first-order valence-corrected chi connectivity index (χ1v) is 3.44. The maximum Gasteiger partial charge on any atom is 0.151 e. The van der Waals surface area contributed by atoms with E-state index in [-0.39, 0.29) is 0 Å². The van der Waals surface area contributed by atoms with Crippen LogP contribution in [0.5, 0.6) is 0 Å². The Bertz CT molecular complexity index is 253. The zero-order valence-electron chi connectivity index (χ0n) is 4.90. The second-order valence-electron chi connectivity index (χ2n) is 1.65. The molecule has 0 bridgehead atoms. The molecule has 0 aliphatic carbocycles. The normalized spacial score (nSPS) is 10.0. The van der Waals surface area contributed by atoms with Gasteiger partial charge in [0.25, 0.3) is 0 Å². The third-order valence-electron chi connectivity index (χ3n) is 1.04. The van der Waals surface area contributed by atoms with Crippen molar-refractivity contribution in [2.75, 3.05) is 0 Å². The Hall–Kier alpha value is -1.23. The highest BCUT2D eigenvalue weighted by atomic mass is 32.1. The fourth-order valence-corrected chi connectivity index (χ4v) is 1.08. The van der Waals surface area contributed by atoms with Crippen LogP contribution in [0.2, 0.25) is 0 Å². The van der Waals surface area contributed by atoms with Crippen molar-refractivity contribution in [1.82, 2.24) is 19.6 Å². The molecule has 49 valence electrons. The van der Waals surface area contributed by atoms with Crippen molar-refractivity contribution in [3.63, 3.8) is 0 Å². The topological polar surface area (TPSA) is 54.5 Å². The van der Waals surface area contributed by atoms with E-state index in [9.17, 15) is 0 Å². The van der Waals surface area contributed by atoms with Gasteiger partial charge in [0.15, 0.2) is 5.82 Å². The third kappa shape index (κ3) is 0.801. The van der Waals surface area contributed by atoms with Crippen LogP contribution in [0.15, 0.2) is 12.4 Å². The van der Waals surface area contributed by atoms with Crippen LogP contribution in [-0.2, 0) is 0 Å². The molecule has 5 heteroatoms. The summed E-state index contributed by atoms with van der Waals surface area (Å²) in [5, 5.41) is 3.56. The smallest absolute Gasteiger partial charge is 0.151 e. The molecule has 0 aromatic carbocycles. The van der Waals surface area contributed by atoms with Gasteiger partial charge in [-0.05, 0) is 11.5 Å². The molecule has 10 heavy (non-hydrogen) atoms. The highest BCUT2D eigenvalue weighted by Crippen LogP contribution is 2.14. The molecular weight excluding hydrogens is 148 g/mol. The lowest BCUT2D eigenvalue weighted by Gasteiger charge is -1.81. The Morgan fingerprint density at radius 1 is 1.60 bits per heavy atom. The molecule has 0 aliphatic rings. The highest BCUT2D eigenvalue weighted by molar-refractivity contribution is 7.09. The molecule has 2 aromatic heterocycles. The molecule has 2 rings (SSSR count). The van der Waals surface area contributed by atoms with E-state index in [0.717, 1.165) is 10.7 Å². The van der Waals surface area contributed by atoms with E-state index in [1.807, 2.05) is 0 Å². The van der Waals surface area contributed by atoms with Crippen LogP contribution in [0.3, 0.4) is 0 Å². The van der Waals surface area contributed by atoms with E-state index in [0.29, 0.717) is 0 Å². The molecule has 4 nitrogen and oxygen atoms in total. The van der Waals surface area contributed by atoms with Gasteiger partial charge in [-0.15, -0.1) is 5.10 Å². The molecule has 0 saturated heterocycles. The number of nitrogens with zero attached hydrogens (tertiary/aromatic N) is 3. The van der Waals surface area contributed by atoms with Crippen LogP contribution in [-0.4, -0.2) is 19.6 Å². The molecule has 2 heterocycles. The minimum atomic E-state index is 0.773. The lowest BCUT2D eigenvalue weighted by atomic mass is 10.5. The van der Waals surface area contributed by atoms with Crippen LogP contribution in [0.4, 0.5) is 0 Å². The van der Waals surface area contributed by atoms with Crippen LogP contribution < -0.4 is 0 Å². The minimum Gasteiger partial charge on any atom is -0.344 e. The van der Waals surface area contributed by atoms with Crippen molar-refractivity contribution < 1.29 is 0 Å². The summed E-state index contributed by atoms with van der Waals surface area (Å²) >= 11 is 1.27. The standard InChI is InChI=1S/C5H3N4S/c1-2-7-5(6-1)4-3-8-9-10-4/h1-2H,(H,6,7). The van der Waals surface area contributed by atoms with Crippen LogP contribution in [0.1, 0.15) is 0 Å². The SMILES string of the molecule is [c]1nnsc1-c1ncc[nH]1. The van der Waals surface area contributed by atoms with Crippen molar-refractivity contribution in [3.05, 3.63) is 18.6 Å². The summed E-state index contributed by atoms with van der Waals surface area (Å²) in [5.41, 5.74) is 0. The number of H-pyrrole nitrogens is 1. The summed E-state index contributed by atoms with van der Waals surface area (Å²) in [6.45, 7) is 0. The van der Waals surface area contributed by atoms with E-state index in [1.165, 1.54) is 11.5 Å². The van der Waals surface area contributed by atoms with Gasteiger partial charge in [0.05, 0.1) is 0 Å². The van der Waals surface area contributed by atoms with Gasteiger partial charge in [-0.25, -0.2) is 4.98 Å². The number of imidazole rings is 1. The Kier molecular flexibility index (Phi) is 1.21. The van der Waals surface area contributed by atoms with Gasteiger partial charge in [0, 0.05) is 12.4 Å². The number of hydrogen-bond donors (Lipinski definition) is 1. The summed E-state index contributed by atoms with van der Waals surface area (Å²) in [6.07, 6.45) is 6.14. The summed E-state index contributed by atoms with van der Waals surface area (Å²) in [6, 6.07) is 0. The van der Waals surface area contributed by atoms with Gasteiger partial charge >= 0.3 is 0 Å².